The van der Waals surface area contributed by atoms with Gasteiger partial charge in [-0.2, -0.15) is 0 Å². The minimum atomic E-state index is -0.466. The normalized spacial score (nSPS) is 19.2. The third-order valence-electron chi connectivity index (χ3n) is 3.49. The molecule has 0 aliphatic heterocycles. The van der Waals surface area contributed by atoms with Gasteiger partial charge in [-0.15, -0.1) is 0 Å². The smallest absolute Gasteiger partial charge is 0.146 e. The van der Waals surface area contributed by atoms with Crippen LogP contribution in [0.2, 0.25) is 0 Å². The van der Waals surface area contributed by atoms with Crippen molar-refractivity contribution in [1.82, 2.24) is 0 Å². The van der Waals surface area contributed by atoms with Crippen molar-refractivity contribution in [3.05, 3.63) is 65.3 Å². The molecular formula is C15H14O2. The molecule has 3 rings (SSSR count). The highest BCUT2D eigenvalue weighted by Crippen LogP contribution is 2.51. The van der Waals surface area contributed by atoms with E-state index < -0.39 is 5.60 Å². The molecule has 2 nitrogen and oxygen atoms in total. The SMILES string of the molecule is COc1ccccc1C1(OC)C2=CC=C1C=C2. The summed E-state index contributed by atoms with van der Waals surface area (Å²) in [6, 6.07) is 8.01. The van der Waals surface area contributed by atoms with E-state index in [2.05, 4.69) is 30.4 Å². The molecule has 17 heavy (non-hydrogen) atoms. The third kappa shape index (κ3) is 1.19. The summed E-state index contributed by atoms with van der Waals surface area (Å²) in [6.07, 6.45) is 8.41. The molecule has 1 aromatic rings. The Morgan fingerprint density at radius 3 is 2.12 bits per heavy atom. The van der Waals surface area contributed by atoms with Gasteiger partial charge in [0.1, 0.15) is 11.4 Å². The van der Waals surface area contributed by atoms with E-state index in [-0.39, 0.29) is 0 Å². The molecule has 0 aromatic heterocycles. The van der Waals surface area contributed by atoms with Crippen LogP contribution in [0.1, 0.15) is 5.56 Å². The highest BCUT2D eigenvalue weighted by atomic mass is 16.5. The molecule has 86 valence electrons. The Bertz CT molecular complexity index is 528. The van der Waals surface area contributed by atoms with E-state index in [1.54, 1.807) is 14.2 Å². The molecule has 1 aromatic carbocycles. The zero-order chi connectivity index (χ0) is 11.9. The minimum absolute atomic E-state index is 0.466. The number of benzene rings is 1. The lowest BCUT2D eigenvalue weighted by molar-refractivity contribution is 0.0609. The van der Waals surface area contributed by atoms with E-state index in [0.717, 1.165) is 11.3 Å². The summed E-state index contributed by atoms with van der Waals surface area (Å²) in [5.41, 5.74) is 2.93. The number of fused-ring (bicyclic) bond motifs is 2. The first-order valence-electron chi connectivity index (χ1n) is 5.62. The Morgan fingerprint density at radius 1 is 0.941 bits per heavy atom. The molecule has 2 aliphatic rings. The topological polar surface area (TPSA) is 18.5 Å². The van der Waals surface area contributed by atoms with E-state index in [4.69, 9.17) is 9.47 Å². The first kappa shape index (κ1) is 10.4. The summed E-state index contributed by atoms with van der Waals surface area (Å²) in [5, 5.41) is 0. The average molecular weight is 226 g/mol. The fraction of sp³-hybridized carbons (Fsp3) is 0.200. The van der Waals surface area contributed by atoms with Gasteiger partial charge in [0.15, 0.2) is 0 Å². The van der Waals surface area contributed by atoms with Crippen molar-refractivity contribution in [3.63, 3.8) is 0 Å². The van der Waals surface area contributed by atoms with E-state index >= 15 is 0 Å². The maximum atomic E-state index is 5.84. The molecule has 0 saturated carbocycles. The first-order chi connectivity index (χ1) is 8.32. The maximum absolute atomic E-state index is 5.84. The summed E-state index contributed by atoms with van der Waals surface area (Å²) in [5.74, 6) is 0.858. The zero-order valence-corrected chi connectivity index (χ0v) is 9.94. The van der Waals surface area contributed by atoms with E-state index in [0.29, 0.717) is 0 Å². The van der Waals surface area contributed by atoms with Gasteiger partial charge in [-0.05, 0) is 17.2 Å². The minimum Gasteiger partial charge on any atom is -0.496 e. The van der Waals surface area contributed by atoms with Crippen LogP contribution in [0, 0.1) is 0 Å². The van der Waals surface area contributed by atoms with Crippen molar-refractivity contribution in [2.75, 3.05) is 14.2 Å². The predicted molar refractivity (Wildman–Crippen MR) is 67.0 cm³/mol. The highest BCUT2D eigenvalue weighted by molar-refractivity contribution is 5.66. The van der Waals surface area contributed by atoms with Crippen LogP contribution >= 0.6 is 0 Å². The number of para-hydroxylation sites is 1. The molecule has 0 unspecified atom stereocenters. The van der Waals surface area contributed by atoms with Crippen LogP contribution in [0.25, 0.3) is 0 Å². The van der Waals surface area contributed by atoms with Crippen molar-refractivity contribution in [3.8, 4) is 5.75 Å². The zero-order valence-electron chi connectivity index (χ0n) is 9.94. The van der Waals surface area contributed by atoms with Crippen molar-refractivity contribution in [1.29, 1.82) is 0 Å². The second kappa shape index (κ2) is 3.60. The van der Waals surface area contributed by atoms with Crippen LogP contribution in [-0.4, -0.2) is 14.2 Å². The molecule has 2 heteroatoms. The summed E-state index contributed by atoms with van der Waals surface area (Å²) >= 11 is 0. The van der Waals surface area contributed by atoms with E-state index in [1.165, 1.54) is 11.1 Å². The fourth-order valence-electron chi connectivity index (χ4n) is 2.70. The monoisotopic (exact) mass is 226 g/mol. The van der Waals surface area contributed by atoms with Gasteiger partial charge in [0.2, 0.25) is 0 Å². The Hall–Kier alpha value is -1.80. The Labute approximate surface area is 101 Å². The molecule has 0 N–H and O–H groups in total. The van der Waals surface area contributed by atoms with Crippen molar-refractivity contribution in [2.24, 2.45) is 0 Å². The molecule has 2 bridgehead atoms. The van der Waals surface area contributed by atoms with Crippen LogP contribution in [-0.2, 0) is 10.3 Å². The number of methoxy groups -OCH3 is 2. The van der Waals surface area contributed by atoms with Crippen molar-refractivity contribution >= 4 is 0 Å². The van der Waals surface area contributed by atoms with Crippen LogP contribution in [0.5, 0.6) is 5.75 Å². The molecule has 2 aliphatic carbocycles. The molecule has 0 fully saturated rings. The van der Waals surface area contributed by atoms with Gasteiger partial charge in [-0.25, -0.2) is 0 Å². The molecular weight excluding hydrogens is 212 g/mol. The number of rotatable bonds is 3. The molecule has 0 spiro atoms. The lowest BCUT2D eigenvalue weighted by Gasteiger charge is -2.30. The lowest BCUT2D eigenvalue weighted by atomic mass is 9.86. The first-order valence-corrected chi connectivity index (χ1v) is 5.62. The summed E-state index contributed by atoms with van der Waals surface area (Å²) in [4.78, 5) is 0. The summed E-state index contributed by atoms with van der Waals surface area (Å²) < 4.78 is 11.3. The van der Waals surface area contributed by atoms with Gasteiger partial charge in [-0.1, -0.05) is 42.5 Å². The Morgan fingerprint density at radius 2 is 1.59 bits per heavy atom. The van der Waals surface area contributed by atoms with Crippen LogP contribution in [0.15, 0.2) is 59.7 Å². The lowest BCUT2D eigenvalue weighted by Crippen LogP contribution is -2.28. The quantitative estimate of drug-likeness (QED) is 0.788. The second-order valence-corrected chi connectivity index (χ2v) is 4.16. The molecule has 0 atom stereocenters. The van der Waals surface area contributed by atoms with Gasteiger partial charge >= 0.3 is 0 Å². The van der Waals surface area contributed by atoms with Gasteiger partial charge in [-0.3, -0.25) is 0 Å². The number of allylic oxidation sites excluding steroid dienone is 2. The molecule has 0 saturated heterocycles. The highest BCUT2D eigenvalue weighted by Gasteiger charge is 2.45. The fourth-order valence-corrected chi connectivity index (χ4v) is 2.70. The van der Waals surface area contributed by atoms with E-state index in [9.17, 15) is 0 Å². The molecule has 0 heterocycles. The Balaban J connectivity index is 2.21. The van der Waals surface area contributed by atoms with Gasteiger partial charge < -0.3 is 9.47 Å². The summed E-state index contributed by atoms with van der Waals surface area (Å²) in [7, 11) is 3.43. The summed E-state index contributed by atoms with van der Waals surface area (Å²) in [6.45, 7) is 0. The third-order valence-corrected chi connectivity index (χ3v) is 3.49. The average Bonchev–Trinajstić information content (AvgIpc) is 2.94. The standard InChI is InChI=1S/C15H14O2/c1-16-14-6-4-3-5-13(14)15(17-2)11-7-8-12(15)10-9-11/h3-10H,1-2H3. The van der Waals surface area contributed by atoms with E-state index in [1.807, 2.05) is 18.2 Å². The van der Waals surface area contributed by atoms with Gasteiger partial charge in [0.05, 0.1) is 7.11 Å². The second-order valence-electron chi connectivity index (χ2n) is 4.16. The predicted octanol–water partition coefficient (Wildman–Crippen LogP) is 2.97. The number of hydrogen-bond acceptors (Lipinski definition) is 2. The maximum Gasteiger partial charge on any atom is 0.146 e. The van der Waals surface area contributed by atoms with Gasteiger partial charge in [0.25, 0.3) is 0 Å². The number of hydrogen-bond donors (Lipinski definition) is 0. The van der Waals surface area contributed by atoms with Crippen LogP contribution in [0.4, 0.5) is 0 Å². The van der Waals surface area contributed by atoms with Gasteiger partial charge in [0, 0.05) is 12.7 Å². The van der Waals surface area contributed by atoms with Crippen LogP contribution < -0.4 is 4.74 Å². The van der Waals surface area contributed by atoms with Crippen molar-refractivity contribution < 1.29 is 9.47 Å². The number of ether oxygens (including phenoxy) is 2. The van der Waals surface area contributed by atoms with Crippen LogP contribution in [0.3, 0.4) is 0 Å². The Kier molecular flexibility index (Phi) is 2.20. The van der Waals surface area contributed by atoms with Crippen molar-refractivity contribution in [2.45, 2.75) is 5.60 Å². The largest absolute Gasteiger partial charge is 0.496 e. The molecule has 0 amide bonds. The molecule has 0 radical (unpaired) electrons.